The van der Waals surface area contributed by atoms with Crippen LogP contribution in [-0.2, 0) is 21.3 Å². The molecule has 35 heavy (non-hydrogen) atoms. The third-order valence-electron chi connectivity index (χ3n) is 5.13. The molecule has 2 atom stereocenters. The highest BCUT2D eigenvalue weighted by molar-refractivity contribution is 8.06. The van der Waals surface area contributed by atoms with Gasteiger partial charge in [0, 0.05) is 29.4 Å². The van der Waals surface area contributed by atoms with Crippen LogP contribution in [0.25, 0.3) is 5.57 Å². The van der Waals surface area contributed by atoms with Crippen molar-refractivity contribution in [3.05, 3.63) is 63.9 Å². The van der Waals surface area contributed by atoms with E-state index in [1.165, 1.54) is 24.6 Å². The fourth-order valence-electron chi connectivity index (χ4n) is 3.10. The smallest absolute Gasteiger partial charge is 0.325 e. The zero-order valence-corrected chi connectivity index (χ0v) is 20.7. The van der Waals surface area contributed by atoms with Crippen LogP contribution in [0, 0.1) is 5.82 Å². The maximum absolute atomic E-state index is 13.4. The first-order chi connectivity index (χ1) is 16.2. The zero-order valence-electron chi connectivity index (χ0n) is 18.3. The largest absolute Gasteiger partial charge is 0.504 e. The zero-order chi connectivity index (χ0) is 26.1. The Morgan fingerprint density at radius 2 is 2.09 bits per heavy atom. The summed E-state index contributed by atoms with van der Waals surface area (Å²) in [7, 11) is -2.82. The van der Waals surface area contributed by atoms with Gasteiger partial charge in [0.05, 0.1) is 17.3 Å². The first kappa shape index (κ1) is 27.2. The van der Waals surface area contributed by atoms with E-state index < -0.39 is 40.3 Å². The number of benzene rings is 1. The van der Waals surface area contributed by atoms with Crippen LogP contribution in [0.1, 0.15) is 18.9 Å². The van der Waals surface area contributed by atoms with Crippen molar-refractivity contribution in [2.45, 2.75) is 31.7 Å². The molecule has 0 bridgehead atoms. The number of hydrogen-bond donors (Lipinski definition) is 2. The van der Waals surface area contributed by atoms with E-state index in [0.29, 0.717) is 10.5 Å². The first-order valence-electron chi connectivity index (χ1n) is 9.84. The van der Waals surface area contributed by atoms with Crippen LogP contribution >= 0.6 is 23.4 Å². The third kappa shape index (κ3) is 6.44. The number of aromatic nitrogens is 2. The van der Waals surface area contributed by atoms with E-state index in [1.54, 1.807) is 6.92 Å². The number of anilines is 1. The number of nitrogens with one attached hydrogen (secondary N) is 2. The van der Waals surface area contributed by atoms with Gasteiger partial charge >= 0.3 is 6.30 Å². The van der Waals surface area contributed by atoms with Crippen LogP contribution in [0.2, 0.25) is 5.02 Å². The van der Waals surface area contributed by atoms with Crippen molar-refractivity contribution < 1.29 is 30.8 Å². The Bertz CT molecular complexity index is 1280. The fourth-order valence-corrected chi connectivity index (χ4v) is 5.42. The van der Waals surface area contributed by atoms with Crippen molar-refractivity contribution >= 4 is 50.7 Å². The molecule has 2 aromatic rings. The summed E-state index contributed by atoms with van der Waals surface area (Å²) in [6.45, 7) is 5.43. The summed E-state index contributed by atoms with van der Waals surface area (Å²) < 4.78 is 80.0. The first-order valence-corrected chi connectivity index (χ1v) is 12.5. The molecule has 0 radical (unpaired) electrons. The van der Waals surface area contributed by atoms with E-state index >= 15 is 0 Å². The third-order valence-corrected chi connectivity index (χ3v) is 8.07. The number of thioether (sulfide) groups is 1. The Balaban J connectivity index is 1.72. The van der Waals surface area contributed by atoms with Crippen LogP contribution in [-0.4, -0.2) is 47.5 Å². The van der Waals surface area contributed by atoms with E-state index in [9.17, 15) is 30.8 Å². The molecule has 1 saturated heterocycles. The van der Waals surface area contributed by atoms with Gasteiger partial charge in [-0.15, -0.1) is 24.9 Å². The lowest BCUT2D eigenvalue weighted by Crippen LogP contribution is -2.58. The number of rotatable bonds is 6. The van der Waals surface area contributed by atoms with Gasteiger partial charge in [-0.2, -0.15) is 27.2 Å². The number of carbonyl (C=O) groups excluding carboxylic acids is 1. The fraction of sp³-hybridized carbons (Fsp3) is 0.300. The van der Waals surface area contributed by atoms with Crippen LogP contribution in [0.4, 0.5) is 23.2 Å². The monoisotopic (exact) mass is 553 g/mol. The maximum Gasteiger partial charge on any atom is 0.504 e. The lowest BCUT2D eigenvalue weighted by molar-refractivity contribution is -0.212. The normalized spacial score (nSPS) is 21.1. The summed E-state index contributed by atoms with van der Waals surface area (Å²) in [6, 6.07) is 1.58. The van der Waals surface area contributed by atoms with Gasteiger partial charge in [-0.3, -0.25) is 4.79 Å². The second-order valence-corrected chi connectivity index (χ2v) is 10.8. The summed E-state index contributed by atoms with van der Waals surface area (Å²) in [5.41, 5.74) is 0.861. The van der Waals surface area contributed by atoms with Crippen molar-refractivity contribution in [3.8, 4) is 0 Å². The topological polar surface area (TPSA) is 96.3 Å². The van der Waals surface area contributed by atoms with Gasteiger partial charge in [-0.1, -0.05) is 18.2 Å². The predicted octanol–water partition coefficient (Wildman–Crippen LogP) is 4.31. The molecule has 3 rings (SSSR count). The summed E-state index contributed by atoms with van der Waals surface area (Å²) in [6.07, 6.45) is -2.74. The molecule has 2 heterocycles. The van der Waals surface area contributed by atoms with Crippen molar-refractivity contribution in [1.29, 1.82) is 0 Å². The molecule has 15 heteroatoms. The molecule has 1 aliphatic rings. The molecule has 1 fully saturated rings. The average molecular weight is 554 g/mol. The molecular formula is C20H20ClF4N5O3S2. The van der Waals surface area contributed by atoms with Crippen LogP contribution in [0.3, 0.4) is 0 Å². The summed E-state index contributed by atoms with van der Waals surface area (Å²) in [4.78, 5) is 13.2. The quantitative estimate of drug-likeness (QED) is 0.520. The molecule has 190 valence electrons. The Hall–Kier alpha value is -2.39. The van der Waals surface area contributed by atoms with E-state index in [1.807, 2.05) is 0 Å². The number of nitrogens with zero attached hydrogens (tertiary/aromatic N) is 3. The molecule has 1 aliphatic heterocycles. The second kappa shape index (κ2) is 10.3. The van der Waals surface area contributed by atoms with Gasteiger partial charge in [0.2, 0.25) is 5.91 Å². The molecule has 0 unspecified atom stereocenters. The summed E-state index contributed by atoms with van der Waals surface area (Å²) in [5.74, 6) is -1.33. The average Bonchev–Trinajstić information content (AvgIpc) is 3.27. The maximum atomic E-state index is 13.4. The molecule has 1 aromatic carbocycles. The van der Waals surface area contributed by atoms with E-state index in [2.05, 4.69) is 21.7 Å². The van der Waals surface area contributed by atoms with Crippen LogP contribution < -0.4 is 10.0 Å². The highest BCUT2D eigenvalue weighted by Crippen LogP contribution is 2.31. The van der Waals surface area contributed by atoms with Crippen molar-refractivity contribution in [2.24, 2.45) is 0 Å². The Morgan fingerprint density at radius 3 is 2.69 bits per heavy atom. The standard InChI is InChI=1S/C20H20ClF4N5O3S2/c1-11(13-8-26-30(9-13)20(23,24)25)10-34-12(2)17-7-18(29(3)35(32,33)28-17)19(31)27-14-4-5-16(22)15(21)6-14/h4-6,8-10,17-18,28H,2,7H2,1,3H3,(H,27,31)/b11-10+/t17-,18+/m1/s1. The van der Waals surface area contributed by atoms with Gasteiger partial charge in [0.15, 0.2) is 0 Å². The number of halogens is 5. The highest BCUT2D eigenvalue weighted by Gasteiger charge is 2.41. The highest BCUT2D eigenvalue weighted by atomic mass is 35.5. The van der Waals surface area contributed by atoms with Gasteiger partial charge in [0.1, 0.15) is 11.9 Å². The van der Waals surface area contributed by atoms with Gasteiger partial charge < -0.3 is 5.32 Å². The van der Waals surface area contributed by atoms with Gasteiger partial charge in [-0.25, -0.2) is 4.39 Å². The van der Waals surface area contributed by atoms with Crippen LogP contribution in [0.15, 0.2) is 47.5 Å². The van der Waals surface area contributed by atoms with E-state index in [-0.39, 0.29) is 27.4 Å². The summed E-state index contributed by atoms with van der Waals surface area (Å²) in [5, 5.41) is 7.10. The van der Waals surface area contributed by atoms with Gasteiger partial charge in [0.25, 0.3) is 10.2 Å². The van der Waals surface area contributed by atoms with E-state index in [4.69, 9.17) is 11.6 Å². The minimum atomic E-state index is -4.64. The predicted molar refractivity (Wildman–Crippen MR) is 126 cm³/mol. The minimum absolute atomic E-state index is 0.0151. The molecule has 8 nitrogen and oxygen atoms in total. The lowest BCUT2D eigenvalue weighted by Gasteiger charge is -2.36. The Labute approximate surface area is 208 Å². The van der Waals surface area contributed by atoms with Crippen molar-refractivity contribution in [3.63, 3.8) is 0 Å². The SMILES string of the molecule is C=C(S/C=C(\C)c1cnn(C(F)(F)F)c1)[C@H]1C[C@@H](C(=O)Nc2ccc(F)c(Cl)c2)N(C)S(=O)(=O)N1. The minimum Gasteiger partial charge on any atom is -0.325 e. The molecule has 1 aromatic heterocycles. The molecule has 1 amide bonds. The van der Waals surface area contributed by atoms with Crippen molar-refractivity contribution in [2.75, 3.05) is 12.4 Å². The van der Waals surface area contributed by atoms with Crippen LogP contribution in [0.5, 0.6) is 0 Å². The number of likely N-dealkylation sites (N-methyl/N-ethyl adjacent to an activating group) is 1. The number of carbonyl (C=O) groups is 1. The molecule has 0 spiro atoms. The number of alkyl halides is 3. The molecule has 0 aliphatic carbocycles. The molecular weight excluding hydrogens is 534 g/mol. The molecule has 0 saturated carbocycles. The summed E-state index contributed by atoms with van der Waals surface area (Å²) >= 11 is 6.74. The lowest BCUT2D eigenvalue weighted by atomic mass is 10.1. The Kier molecular flexibility index (Phi) is 8.01. The molecule has 2 N–H and O–H groups in total. The Morgan fingerprint density at radius 1 is 1.40 bits per heavy atom. The second-order valence-electron chi connectivity index (χ2n) is 7.59. The number of allylic oxidation sites excluding steroid dienone is 1. The number of amides is 1. The van der Waals surface area contributed by atoms with E-state index in [0.717, 1.165) is 34.5 Å². The van der Waals surface area contributed by atoms with Crippen molar-refractivity contribution in [1.82, 2.24) is 18.8 Å². The number of hydrogen-bond acceptors (Lipinski definition) is 5. The van der Waals surface area contributed by atoms with Gasteiger partial charge in [-0.05, 0) is 42.5 Å².